The predicted molar refractivity (Wildman–Crippen MR) is 58.1 cm³/mol. The largest absolute Gasteiger partial charge is 0.476 e. The van der Waals surface area contributed by atoms with Crippen LogP contribution < -0.4 is 0 Å². The van der Waals surface area contributed by atoms with Crippen LogP contribution in [0.5, 0.6) is 0 Å². The molecule has 5 nitrogen and oxygen atoms in total. The highest BCUT2D eigenvalue weighted by atomic mass is 16.4. The molecule has 0 aliphatic heterocycles. The molecule has 0 radical (unpaired) electrons. The lowest BCUT2D eigenvalue weighted by Crippen LogP contribution is -2.01. The summed E-state index contributed by atoms with van der Waals surface area (Å²) in [6.45, 7) is 1.89. The molecule has 2 heterocycles. The molecule has 16 heavy (non-hydrogen) atoms. The van der Waals surface area contributed by atoms with Crippen LogP contribution in [0.4, 0.5) is 0 Å². The van der Waals surface area contributed by atoms with Gasteiger partial charge in [-0.25, -0.2) is 4.79 Å². The molecule has 0 saturated heterocycles. The second-order valence-corrected chi connectivity index (χ2v) is 3.54. The Bertz CT molecular complexity index is 546. The molecule has 2 aromatic rings. The van der Waals surface area contributed by atoms with Crippen molar-refractivity contribution in [1.82, 2.24) is 14.8 Å². The van der Waals surface area contributed by atoms with E-state index >= 15 is 0 Å². The maximum Gasteiger partial charge on any atom is 0.357 e. The quantitative estimate of drug-likeness (QED) is 0.827. The number of aromatic nitrogens is 3. The second kappa shape index (κ2) is 3.77. The molecule has 0 bridgehead atoms. The molecule has 82 valence electrons. The van der Waals surface area contributed by atoms with Crippen molar-refractivity contribution >= 4 is 5.97 Å². The van der Waals surface area contributed by atoms with Crippen molar-refractivity contribution < 1.29 is 9.90 Å². The second-order valence-electron chi connectivity index (χ2n) is 3.54. The number of carbonyl (C=O) groups is 1. The van der Waals surface area contributed by atoms with Gasteiger partial charge in [-0.3, -0.25) is 9.67 Å². The highest BCUT2D eigenvalue weighted by Crippen LogP contribution is 2.23. The van der Waals surface area contributed by atoms with Crippen molar-refractivity contribution in [2.75, 3.05) is 0 Å². The lowest BCUT2D eigenvalue weighted by atomic mass is 10.1. The van der Waals surface area contributed by atoms with E-state index in [9.17, 15) is 4.79 Å². The van der Waals surface area contributed by atoms with E-state index in [0.717, 1.165) is 5.56 Å². The summed E-state index contributed by atoms with van der Waals surface area (Å²) in [6.07, 6.45) is 3.31. The van der Waals surface area contributed by atoms with Crippen LogP contribution in [0.3, 0.4) is 0 Å². The van der Waals surface area contributed by atoms with Gasteiger partial charge in [0.25, 0.3) is 0 Å². The Hall–Kier alpha value is -2.17. The average molecular weight is 217 g/mol. The average Bonchev–Trinajstić information content (AvgIpc) is 2.61. The lowest BCUT2D eigenvalue weighted by molar-refractivity contribution is 0.0690. The third-order valence-corrected chi connectivity index (χ3v) is 2.30. The third kappa shape index (κ3) is 1.67. The number of rotatable bonds is 2. The number of hydrogen-bond acceptors (Lipinski definition) is 3. The van der Waals surface area contributed by atoms with Gasteiger partial charge in [0, 0.05) is 19.4 Å². The molecular weight excluding hydrogens is 206 g/mol. The maximum absolute atomic E-state index is 11.0. The number of aromatic carboxylic acids is 1. The summed E-state index contributed by atoms with van der Waals surface area (Å²) >= 11 is 0. The van der Waals surface area contributed by atoms with Crippen LogP contribution >= 0.6 is 0 Å². The van der Waals surface area contributed by atoms with E-state index in [0.29, 0.717) is 11.3 Å². The maximum atomic E-state index is 11.0. The van der Waals surface area contributed by atoms with Crippen molar-refractivity contribution in [2.45, 2.75) is 6.92 Å². The van der Waals surface area contributed by atoms with Gasteiger partial charge in [0.1, 0.15) is 0 Å². The topological polar surface area (TPSA) is 68.0 Å². The first-order valence-electron chi connectivity index (χ1n) is 4.78. The fourth-order valence-electron chi connectivity index (χ4n) is 1.59. The zero-order chi connectivity index (χ0) is 11.7. The Morgan fingerprint density at radius 2 is 2.25 bits per heavy atom. The number of aryl methyl sites for hydroxylation is 2. The third-order valence-electron chi connectivity index (χ3n) is 2.30. The molecule has 0 fully saturated rings. The summed E-state index contributed by atoms with van der Waals surface area (Å²) in [6, 6.07) is 3.70. The molecule has 5 heteroatoms. The number of carboxylic acids is 1. The first-order chi connectivity index (χ1) is 7.59. The van der Waals surface area contributed by atoms with Crippen molar-refractivity contribution in [3.05, 3.63) is 35.8 Å². The molecular formula is C11H11N3O2. The molecule has 0 unspecified atom stereocenters. The van der Waals surface area contributed by atoms with E-state index in [1.165, 1.54) is 4.68 Å². The molecule has 0 aliphatic carbocycles. The molecule has 0 atom stereocenters. The highest BCUT2D eigenvalue weighted by molar-refractivity contribution is 5.93. The molecule has 1 N–H and O–H groups in total. The molecule has 0 amide bonds. The monoisotopic (exact) mass is 217 g/mol. The van der Waals surface area contributed by atoms with Gasteiger partial charge in [-0.05, 0) is 18.6 Å². The number of pyridine rings is 1. The summed E-state index contributed by atoms with van der Waals surface area (Å²) < 4.78 is 1.48. The van der Waals surface area contributed by atoms with E-state index in [-0.39, 0.29) is 5.69 Å². The van der Waals surface area contributed by atoms with E-state index in [2.05, 4.69) is 10.1 Å². The van der Waals surface area contributed by atoms with Crippen LogP contribution in [0.1, 0.15) is 16.1 Å². The molecule has 0 aliphatic rings. The highest BCUT2D eigenvalue weighted by Gasteiger charge is 2.18. The van der Waals surface area contributed by atoms with Crippen LogP contribution in [-0.2, 0) is 7.05 Å². The minimum absolute atomic E-state index is 0.0318. The van der Waals surface area contributed by atoms with Gasteiger partial charge in [0.15, 0.2) is 5.69 Å². The first-order valence-corrected chi connectivity index (χ1v) is 4.78. The van der Waals surface area contributed by atoms with Gasteiger partial charge in [0.05, 0.1) is 11.3 Å². The fraction of sp³-hybridized carbons (Fsp3) is 0.182. The first kappa shape index (κ1) is 10.4. The summed E-state index contributed by atoms with van der Waals surface area (Å²) in [7, 11) is 1.69. The molecule has 2 rings (SSSR count). The van der Waals surface area contributed by atoms with E-state index in [1.807, 2.05) is 19.1 Å². The summed E-state index contributed by atoms with van der Waals surface area (Å²) in [5.41, 5.74) is 2.17. The van der Waals surface area contributed by atoms with E-state index in [4.69, 9.17) is 5.11 Å². The van der Waals surface area contributed by atoms with Crippen molar-refractivity contribution in [2.24, 2.45) is 7.05 Å². The Morgan fingerprint density at radius 1 is 1.50 bits per heavy atom. The molecule has 0 aromatic carbocycles. The number of carboxylic acid groups (broad SMARTS) is 1. The standard InChI is InChI=1S/C11H11N3O2/c1-7-4-3-5-12-9(7)8-6-14(2)13-10(8)11(15)16/h3-6H,1-2H3,(H,15,16). The Morgan fingerprint density at radius 3 is 2.88 bits per heavy atom. The smallest absolute Gasteiger partial charge is 0.357 e. The Kier molecular flexibility index (Phi) is 2.44. The van der Waals surface area contributed by atoms with Crippen molar-refractivity contribution in [3.63, 3.8) is 0 Å². The van der Waals surface area contributed by atoms with Crippen molar-refractivity contribution in [1.29, 1.82) is 0 Å². The van der Waals surface area contributed by atoms with Gasteiger partial charge < -0.3 is 5.11 Å². The van der Waals surface area contributed by atoms with Crippen molar-refractivity contribution in [3.8, 4) is 11.3 Å². The van der Waals surface area contributed by atoms with Crippen LogP contribution in [0.2, 0.25) is 0 Å². The minimum atomic E-state index is -1.04. The fourth-order valence-corrected chi connectivity index (χ4v) is 1.59. The summed E-state index contributed by atoms with van der Waals surface area (Å²) in [5.74, 6) is -1.04. The number of hydrogen-bond donors (Lipinski definition) is 1. The zero-order valence-electron chi connectivity index (χ0n) is 9.01. The molecule has 0 spiro atoms. The molecule has 2 aromatic heterocycles. The summed E-state index contributed by atoms with van der Waals surface area (Å²) in [4.78, 5) is 15.2. The van der Waals surface area contributed by atoms with Crippen LogP contribution in [0.15, 0.2) is 24.5 Å². The Labute approximate surface area is 92.4 Å². The van der Waals surface area contributed by atoms with Crippen LogP contribution in [0, 0.1) is 6.92 Å². The minimum Gasteiger partial charge on any atom is -0.476 e. The van der Waals surface area contributed by atoms with Crippen LogP contribution in [0.25, 0.3) is 11.3 Å². The van der Waals surface area contributed by atoms with E-state index < -0.39 is 5.97 Å². The Balaban J connectivity index is 2.64. The molecule has 0 saturated carbocycles. The zero-order valence-corrected chi connectivity index (χ0v) is 9.01. The van der Waals surface area contributed by atoms with Gasteiger partial charge in [-0.2, -0.15) is 5.10 Å². The summed E-state index contributed by atoms with van der Waals surface area (Å²) in [5, 5.41) is 12.9. The van der Waals surface area contributed by atoms with Gasteiger partial charge in [0.2, 0.25) is 0 Å². The van der Waals surface area contributed by atoms with Gasteiger partial charge in [-0.1, -0.05) is 6.07 Å². The SMILES string of the molecule is Cc1cccnc1-c1cn(C)nc1C(=O)O. The van der Waals surface area contributed by atoms with Crippen LogP contribution in [-0.4, -0.2) is 25.8 Å². The van der Waals surface area contributed by atoms with Gasteiger partial charge >= 0.3 is 5.97 Å². The number of nitrogens with zero attached hydrogens (tertiary/aromatic N) is 3. The van der Waals surface area contributed by atoms with Gasteiger partial charge in [-0.15, -0.1) is 0 Å². The predicted octanol–water partition coefficient (Wildman–Crippen LogP) is 1.49. The normalized spacial score (nSPS) is 10.4. The lowest BCUT2D eigenvalue weighted by Gasteiger charge is -2.01. The van der Waals surface area contributed by atoms with E-state index in [1.54, 1.807) is 19.4 Å².